The lowest BCUT2D eigenvalue weighted by atomic mass is 9.98. The maximum absolute atomic E-state index is 12.3. The Labute approximate surface area is 400 Å². The van der Waals surface area contributed by atoms with E-state index in [0.29, 0.717) is 177 Å². The van der Waals surface area contributed by atoms with Crippen LogP contribution in [0.2, 0.25) is 0 Å². The van der Waals surface area contributed by atoms with E-state index in [0.717, 1.165) is 0 Å². The van der Waals surface area contributed by atoms with E-state index in [2.05, 4.69) is 29.6 Å². The first-order valence-electron chi connectivity index (χ1n) is 23.4. The van der Waals surface area contributed by atoms with Gasteiger partial charge in [0.15, 0.2) is 0 Å². The predicted octanol–water partition coefficient (Wildman–Crippen LogP) is 4.54. The number of esters is 1. The highest BCUT2D eigenvalue weighted by molar-refractivity contribution is 6.40. The summed E-state index contributed by atoms with van der Waals surface area (Å²) in [4.78, 5) is 36.0. The van der Waals surface area contributed by atoms with E-state index in [1.807, 2.05) is 24.3 Å². The quantitative estimate of drug-likeness (QED) is 0.0359. The van der Waals surface area contributed by atoms with Crippen LogP contribution in [-0.4, -0.2) is 196 Å². The van der Waals surface area contributed by atoms with E-state index in [1.54, 1.807) is 30.3 Å². The van der Waals surface area contributed by atoms with Crippen molar-refractivity contribution in [3.8, 4) is 11.1 Å². The monoisotopic (exact) mass is 957 g/mol. The van der Waals surface area contributed by atoms with Gasteiger partial charge >= 0.3 is 12.1 Å². The van der Waals surface area contributed by atoms with Crippen molar-refractivity contribution in [3.05, 3.63) is 95.6 Å². The number of nitrogens with one attached hydrogen (secondary N) is 1. The van der Waals surface area contributed by atoms with Gasteiger partial charge in [0, 0.05) is 24.6 Å². The van der Waals surface area contributed by atoms with E-state index in [1.165, 1.54) is 22.3 Å². The molecular formula is C50H71NO17. The van der Waals surface area contributed by atoms with Crippen LogP contribution < -0.4 is 5.32 Å². The number of alkyl carbamates (subject to hydrolysis) is 1. The predicted molar refractivity (Wildman–Crippen MR) is 249 cm³/mol. The van der Waals surface area contributed by atoms with Crippen molar-refractivity contribution in [1.82, 2.24) is 5.32 Å². The molecular weight excluding hydrogens is 887 g/mol. The van der Waals surface area contributed by atoms with Gasteiger partial charge in [-0.15, -0.1) is 0 Å². The lowest BCUT2D eigenvalue weighted by molar-refractivity contribution is -0.139. The summed E-state index contributed by atoms with van der Waals surface area (Å²) in [5.74, 6) is -1.54. The first-order valence-corrected chi connectivity index (χ1v) is 23.4. The average Bonchev–Trinajstić information content (AvgIpc) is 3.69. The number of carbonyl (C=O) groups excluding carboxylic acids is 3. The number of Topliss-reactive ketones (excluding diaryl/α,β-unsaturated/α-hetero) is 1. The van der Waals surface area contributed by atoms with Crippen LogP contribution in [0.4, 0.5) is 4.79 Å². The topological polar surface area (TPSA) is 192 Å². The van der Waals surface area contributed by atoms with E-state index in [-0.39, 0.29) is 19.1 Å². The molecule has 0 aliphatic heterocycles. The Morgan fingerprint density at radius 1 is 0.368 bits per heavy atom. The minimum Gasteiger partial charge on any atom is -0.457 e. The van der Waals surface area contributed by atoms with Crippen LogP contribution in [0.25, 0.3) is 11.1 Å². The van der Waals surface area contributed by atoms with Gasteiger partial charge in [-0.05, 0) is 28.7 Å². The fraction of sp³-hybridized carbons (Fsp3) is 0.580. The number of amides is 1. The Morgan fingerprint density at radius 2 is 0.691 bits per heavy atom. The van der Waals surface area contributed by atoms with Crippen LogP contribution in [0.1, 0.15) is 33.8 Å². The number of ether oxygens (including phenoxy) is 14. The lowest BCUT2D eigenvalue weighted by Gasteiger charge is -2.14. The molecule has 0 fully saturated rings. The molecule has 3 aromatic carbocycles. The Bertz CT molecular complexity index is 1710. The third-order valence-corrected chi connectivity index (χ3v) is 9.85. The molecule has 3 aromatic rings. The van der Waals surface area contributed by atoms with Crippen LogP contribution in [0.15, 0.2) is 78.9 Å². The van der Waals surface area contributed by atoms with Crippen molar-refractivity contribution in [2.24, 2.45) is 0 Å². The zero-order chi connectivity index (χ0) is 47.8. The van der Waals surface area contributed by atoms with Gasteiger partial charge in [0.25, 0.3) is 5.78 Å². The van der Waals surface area contributed by atoms with Gasteiger partial charge in [0.2, 0.25) is 0 Å². The molecule has 1 amide bonds. The summed E-state index contributed by atoms with van der Waals surface area (Å²) in [6, 6.07) is 24.8. The smallest absolute Gasteiger partial charge is 0.407 e. The molecule has 18 nitrogen and oxygen atoms in total. The van der Waals surface area contributed by atoms with E-state index < -0.39 is 17.8 Å². The standard InChI is InChI=1S/C50H71NO17/c52-48(42-9-2-1-3-10-42)49(53)67-40-39-66-38-37-65-36-35-64-34-33-63-32-31-62-30-29-61-28-27-60-26-25-59-24-23-58-22-21-57-20-19-56-18-17-55-16-8-15-51-50(54)68-41-47-45-13-6-4-11-43(45)44-12-5-7-14-46(44)47/h1-7,9-14,47H,8,15-41H2,(H,51,54). The number of carbonyl (C=O) groups is 3. The highest BCUT2D eigenvalue weighted by Gasteiger charge is 2.29. The molecule has 0 saturated carbocycles. The Morgan fingerprint density at radius 3 is 1.07 bits per heavy atom. The summed E-state index contributed by atoms with van der Waals surface area (Å²) in [5.41, 5.74) is 5.07. The molecule has 0 bridgehead atoms. The second kappa shape index (κ2) is 38.4. The molecule has 0 radical (unpaired) electrons. The first-order chi connectivity index (χ1) is 33.6. The Kier molecular flexibility index (Phi) is 31.8. The van der Waals surface area contributed by atoms with Crippen LogP contribution >= 0.6 is 0 Å². The molecule has 0 aromatic heterocycles. The summed E-state index contributed by atoms with van der Waals surface area (Å²) >= 11 is 0. The number of fused-ring (bicyclic) bond motifs is 3. The fourth-order valence-corrected chi connectivity index (χ4v) is 6.50. The molecule has 1 N–H and O–H groups in total. The molecule has 0 heterocycles. The molecule has 378 valence electrons. The first kappa shape index (κ1) is 56.2. The largest absolute Gasteiger partial charge is 0.457 e. The van der Waals surface area contributed by atoms with Crippen molar-refractivity contribution in [3.63, 3.8) is 0 Å². The normalized spacial score (nSPS) is 11.9. The highest BCUT2D eigenvalue weighted by Crippen LogP contribution is 2.44. The molecule has 4 rings (SSSR count). The molecule has 68 heavy (non-hydrogen) atoms. The van der Waals surface area contributed by atoms with E-state index >= 15 is 0 Å². The SMILES string of the molecule is O=C(NCCCOCCOCCOCCOCCOCCOCCOCCOCCOCCOCCOCCOCCOC(=O)C(=O)c1ccccc1)OCC1c2ccccc2-c2ccccc21. The van der Waals surface area contributed by atoms with Gasteiger partial charge in [-0.3, -0.25) is 4.79 Å². The summed E-state index contributed by atoms with van der Waals surface area (Å²) in [5, 5.41) is 2.80. The van der Waals surface area contributed by atoms with Gasteiger partial charge in [0.1, 0.15) is 13.2 Å². The van der Waals surface area contributed by atoms with Gasteiger partial charge in [-0.1, -0.05) is 78.9 Å². The van der Waals surface area contributed by atoms with Gasteiger partial charge in [-0.2, -0.15) is 0 Å². The maximum Gasteiger partial charge on any atom is 0.407 e. The summed E-state index contributed by atoms with van der Waals surface area (Å²) in [7, 11) is 0. The minimum absolute atomic E-state index is 0.0101. The van der Waals surface area contributed by atoms with Gasteiger partial charge in [0.05, 0.1) is 152 Å². The third-order valence-electron chi connectivity index (χ3n) is 9.85. The van der Waals surface area contributed by atoms with Gasteiger partial charge < -0.3 is 71.6 Å². The number of benzene rings is 3. The average molecular weight is 958 g/mol. The summed E-state index contributed by atoms with van der Waals surface area (Å²) in [6.07, 6.45) is 0.252. The van der Waals surface area contributed by atoms with Crippen LogP contribution in [0.3, 0.4) is 0 Å². The van der Waals surface area contributed by atoms with Crippen molar-refractivity contribution in [2.75, 3.05) is 178 Å². The minimum atomic E-state index is -0.902. The Hall–Kier alpha value is -4.41. The molecule has 0 unspecified atom stereocenters. The van der Waals surface area contributed by atoms with E-state index in [9.17, 15) is 14.4 Å². The fourth-order valence-electron chi connectivity index (χ4n) is 6.50. The molecule has 18 heteroatoms. The second-order valence-electron chi connectivity index (χ2n) is 14.8. The van der Waals surface area contributed by atoms with E-state index in [4.69, 9.17) is 66.3 Å². The van der Waals surface area contributed by atoms with Crippen molar-refractivity contribution < 1.29 is 80.7 Å². The molecule has 0 spiro atoms. The number of hydrogen-bond acceptors (Lipinski definition) is 17. The number of ketones is 1. The molecule has 1 aliphatic rings. The highest BCUT2D eigenvalue weighted by atomic mass is 16.6. The van der Waals surface area contributed by atoms with Crippen molar-refractivity contribution in [2.45, 2.75) is 12.3 Å². The van der Waals surface area contributed by atoms with Gasteiger partial charge in [-0.25, -0.2) is 9.59 Å². The van der Waals surface area contributed by atoms with Crippen LogP contribution in [0.5, 0.6) is 0 Å². The third kappa shape index (κ3) is 25.3. The lowest BCUT2D eigenvalue weighted by Crippen LogP contribution is -2.27. The molecule has 0 saturated heterocycles. The number of hydrogen-bond donors (Lipinski definition) is 1. The molecule has 0 atom stereocenters. The maximum atomic E-state index is 12.3. The molecule has 1 aliphatic carbocycles. The second-order valence-corrected chi connectivity index (χ2v) is 14.8. The van der Waals surface area contributed by atoms with Crippen LogP contribution in [-0.2, 0) is 71.1 Å². The Balaban J connectivity index is 0.750. The van der Waals surface area contributed by atoms with Crippen LogP contribution in [0, 0.1) is 0 Å². The zero-order valence-electron chi connectivity index (χ0n) is 39.3. The van der Waals surface area contributed by atoms with Crippen molar-refractivity contribution in [1.29, 1.82) is 0 Å². The summed E-state index contributed by atoms with van der Waals surface area (Å²) < 4.78 is 76.4. The number of rotatable bonds is 44. The summed E-state index contributed by atoms with van der Waals surface area (Å²) in [6.45, 7) is 11.4. The van der Waals surface area contributed by atoms with Crippen molar-refractivity contribution >= 4 is 17.8 Å². The zero-order valence-corrected chi connectivity index (χ0v) is 39.3.